The molecule has 3 rings (SSSR count). The molecule has 1 aliphatic rings. The fourth-order valence-corrected chi connectivity index (χ4v) is 3.50. The van der Waals surface area contributed by atoms with Crippen molar-refractivity contribution >= 4 is 33.8 Å². The van der Waals surface area contributed by atoms with Gasteiger partial charge in [0.15, 0.2) is 5.13 Å². The molecule has 0 radical (unpaired) electrons. The number of H-pyrrole nitrogens is 1. The van der Waals surface area contributed by atoms with Gasteiger partial charge in [-0.2, -0.15) is 5.10 Å². The predicted octanol–water partition coefficient (Wildman–Crippen LogP) is 1.82. The van der Waals surface area contributed by atoms with Crippen molar-refractivity contribution in [1.29, 1.82) is 0 Å². The molecule has 112 valence electrons. The van der Waals surface area contributed by atoms with Crippen LogP contribution >= 0.6 is 22.9 Å². The van der Waals surface area contributed by atoms with Gasteiger partial charge in [0.25, 0.3) is 5.56 Å². The van der Waals surface area contributed by atoms with Crippen LogP contribution in [-0.4, -0.2) is 41.4 Å². The van der Waals surface area contributed by atoms with E-state index in [1.54, 1.807) is 17.5 Å². The first-order valence-electron chi connectivity index (χ1n) is 6.73. The summed E-state index contributed by atoms with van der Waals surface area (Å²) in [6.07, 6.45) is 1.61. The molecule has 2 aromatic heterocycles. The molecular weight excluding hydrogens is 310 g/mol. The summed E-state index contributed by atoms with van der Waals surface area (Å²) in [6, 6.07) is 0. The molecule has 8 heteroatoms. The minimum Gasteiger partial charge on any atom is -0.365 e. The molecule has 3 heterocycles. The largest absolute Gasteiger partial charge is 0.365 e. The lowest BCUT2D eigenvalue weighted by molar-refractivity contribution is 0.649. The van der Waals surface area contributed by atoms with Crippen LogP contribution in [0.4, 0.5) is 10.8 Å². The minimum atomic E-state index is -0.345. The van der Waals surface area contributed by atoms with Crippen molar-refractivity contribution in [3.8, 4) is 0 Å². The van der Waals surface area contributed by atoms with Gasteiger partial charge >= 0.3 is 0 Å². The van der Waals surface area contributed by atoms with Crippen molar-refractivity contribution in [1.82, 2.24) is 15.2 Å². The van der Waals surface area contributed by atoms with Crippen LogP contribution in [0.2, 0.25) is 5.02 Å². The van der Waals surface area contributed by atoms with E-state index in [9.17, 15) is 4.79 Å². The van der Waals surface area contributed by atoms with Gasteiger partial charge in [-0.15, -0.1) is 11.3 Å². The highest BCUT2D eigenvalue weighted by Gasteiger charge is 2.22. The Labute approximate surface area is 131 Å². The van der Waals surface area contributed by atoms with Gasteiger partial charge in [0.05, 0.1) is 17.6 Å². The van der Waals surface area contributed by atoms with Crippen LogP contribution in [0, 0.1) is 13.8 Å². The van der Waals surface area contributed by atoms with E-state index < -0.39 is 0 Å². The van der Waals surface area contributed by atoms with E-state index >= 15 is 0 Å². The highest BCUT2D eigenvalue weighted by molar-refractivity contribution is 7.15. The van der Waals surface area contributed by atoms with Crippen molar-refractivity contribution in [2.24, 2.45) is 0 Å². The summed E-state index contributed by atoms with van der Waals surface area (Å²) in [5.41, 5.74) is 1.45. The number of hydrogen-bond donors (Lipinski definition) is 1. The van der Waals surface area contributed by atoms with Crippen molar-refractivity contribution < 1.29 is 0 Å². The Hall–Kier alpha value is -1.60. The second-order valence-electron chi connectivity index (χ2n) is 5.01. The second kappa shape index (κ2) is 5.65. The van der Waals surface area contributed by atoms with E-state index in [-0.39, 0.29) is 10.6 Å². The molecule has 1 saturated heterocycles. The summed E-state index contributed by atoms with van der Waals surface area (Å²) in [6.45, 7) is 7.43. The van der Waals surface area contributed by atoms with Gasteiger partial charge in [-0.1, -0.05) is 11.6 Å². The smallest absolute Gasteiger partial charge is 0.285 e. The molecule has 0 atom stereocenters. The van der Waals surface area contributed by atoms with Gasteiger partial charge in [-0.05, 0) is 13.8 Å². The molecule has 21 heavy (non-hydrogen) atoms. The maximum atomic E-state index is 11.5. The third-order valence-corrected chi connectivity index (χ3v) is 5.18. The Balaban J connectivity index is 1.73. The number of halogens is 1. The molecule has 1 fully saturated rings. The van der Waals surface area contributed by atoms with Crippen LogP contribution < -0.4 is 15.4 Å². The molecule has 1 aliphatic heterocycles. The highest BCUT2D eigenvalue weighted by Crippen LogP contribution is 2.28. The number of anilines is 2. The Bertz CT molecular complexity index is 685. The molecule has 0 aromatic carbocycles. The Kier molecular flexibility index (Phi) is 3.86. The zero-order valence-corrected chi connectivity index (χ0v) is 13.5. The SMILES string of the molecule is Cc1nc(N2CCN(c3cn[nH]c(=O)c3Cl)CC2)sc1C. The topological polar surface area (TPSA) is 65.1 Å². The number of nitrogens with zero attached hydrogens (tertiary/aromatic N) is 4. The summed E-state index contributed by atoms with van der Waals surface area (Å²) in [7, 11) is 0. The van der Waals surface area contributed by atoms with Crippen molar-refractivity contribution in [2.75, 3.05) is 36.0 Å². The Morgan fingerprint density at radius 1 is 1.24 bits per heavy atom. The normalized spacial score (nSPS) is 15.6. The zero-order valence-electron chi connectivity index (χ0n) is 11.9. The molecule has 0 aliphatic carbocycles. The lowest BCUT2D eigenvalue weighted by atomic mass is 10.3. The number of aryl methyl sites for hydroxylation is 2. The van der Waals surface area contributed by atoms with Crippen LogP contribution in [0.1, 0.15) is 10.6 Å². The minimum absolute atomic E-state index is 0.208. The first kappa shape index (κ1) is 14.3. The van der Waals surface area contributed by atoms with E-state index in [0.29, 0.717) is 5.69 Å². The fourth-order valence-electron chi connectivity index (χ4n) is 2.32. The van der Waals surface area contributed by atoms with Crippen molar-refractivity contribution in [3.63, 3.8) is 0 Å². The average Bonchev–Trinajstić information content (AvgIpc) is 2.82. The molecule has 0 spiro atoms. The number of piperazine rings is 1. The van der Waals surface area contributed by atoms with Crippen LogP contribution in [-0.2, 0) is 0 Å². The summed E-state index contributed by atoms with van der Waals surface area (Å²) < 4.78 is 0. The molecule has 2 aromatic rings. The molecule has 6 nitrogen and oxygen atoms in total. The van der Waals surface area contributed by atoms with Gasteiger partial charge in [-0.3, -0.25) is 4.79 Å². The maximum Gasteiger partial charge on any atom is 0.285 e. The third kappa shape index (κ3) is 2.75. The third-order valence-electron chi connectivity index (χ3n) is 3.69. The van der Waals surface area contributed by atoms with Gasteiger partial charge < -0.3 is 9.80 Å². The van der Waals surface area contributed by atoms with Crippen LogP contribution in [0.25, 0.3) is 0 Å². The first-order valence-corrected chi connectivity index (χ1v) is 7.93. The monoisotopic (exact) mass is 325 g/mol. The van der Waals surface area contributed by atoms with E-state index in [1.165, 1.54) is 4.88 Å². The number of aromatic nitrogens is 3. The number of thiazole rings is 1. The lowest BCUT2D eigenvalue weighted by Crippen LogP contribution is -2.47. The zero-order chi connectivity index (χ0) is 15.0. The van der Waals surface area contributed by atoms with Gasteiger partial charge in [-0.25, -0.2) is 10.1 Å². The molecular formula is C13H16ClN5OS. The Morgan fingerprint density at radius 2 is 1.90 bits per heavy atom. The molecule has 0 unspecified atom stereocenters. The van der Waals surface area contributed by atoms with E-state index in [2.05, 4.69) is 31.9 Å². The second-order valence-corrected chi connectivity index (χ2v) is 6.57. The van der Waals surface area contributed by atoms with Gasteiger partial charge in [0.2, 0.25) is 0 Å². The quantitative estimate of drug-likeness (QED) is 0.912. The summed E-state index contributed by atoms with van der Waals surface area (Å²) in [5, 5.41) is 7.44. The first-order chi connectivity index (χ1) is 10.1. The summed E-state index contributed by atoms with van der Waals surface area (Å²) in [4.78, 5) is 21.7. The molecule has 0 saturated carbocycles. The van der Waals surface area contributed by atoms with Gasteiger partial charge in [0, 0.05) is 31.1 Å². The number of rotatable bonds is 2. The average molecular weight is 326 g/mol. The summed E-state index contributed by atoms with van der Waals surface area (Å²) in [5.74, 6) is 0. The maximum absolute atomic E-state index is 11.5. The van der Waals surface area contributed by atoms with Crippen LogP contribution in [0.5, 0.6) is 0 Å². The number of nitrogens with one attached hydrogen (secondary N) is 1. The molecule has 1 N–H and O–H groups in total. The van der Waals surface area contributed by atoms with E-state index in [0.717, 1.165) is 37.0 Å². The van der Waals surface area contributed by atoms with Crippen LogP contribution in [0.3, 0.4) is 0 Å². The van der Waals surface area contributed by atoms with Gasteiger partial charge in [0.1, 0.15) is 5.02 Å². The predicted molar refractivity (Wildman–Crippen MR) is 85.9 cm³/mol. The van der Waals surface area contributed by atoms with E-state index in [1.807, 2.05) is 6.92 Å². The van der Waals surface area contributed by atoms with Crippen molar-refractivity contribution in [3.05, 3.63) is 32.1 Å². The lowest BCUT2D eigenvalue weighted by Gasteiger charge is -2.35. The van der Waals surface area contributed by atoms with Crippen LogP contribution in [0.15, 0.2) is 11.0 Å². The standard InChI is InChI=1S/C13H16ClN5OS/c1-8-9(2)21-13(16-8)19-5-3-18(4-6-19)10-7-15-17-12(20)11(10)14/h7H,3-6H2,1-2H3,(H,17,20). The highest BCUT2D eigenvalue weighted by atomic mass is 35.5. The number of hydrogen-bond acceptors (Lipinski definition) is 6. The van der Waals surface area contributed by atoms with Crippen molar-refractivity contribution in [2.45, 2.75) is 13.8 Å². The summed E-state index contributed by atoms with van der Waals surface area (Å²) >= 11 is 7.78. The Morgan fingerprint density at radius 3 is 2.52 bits per heavy atom. The van der Waals surface area contributed by atoms with E-state index in [4.69, 9.17) is 11.6 Å². The molecule has 0 bridgehead atoms. The fraction of sp³-hybridized carbons (Fsp3) is 0.462. The number of aromatic amines is 1. The molecule has 0 amide bonds.